The highest BCUT2D eigenvalue weighted by molar-refractivity contribution is 7.87. The second kappa shape index (κ2) is 5.15. The van der Waals surface area contributed by atoms with E-state index in [9.17, 15) is 13.2 Å². The third-order valence-electron chi connectivity index (χ3n) is 1.38. The molecule has 78 valence electrons. The Morgan fingerprint density at radius 1 is 1.54 bits per heavy atom. The highest BCUT2D eigenvalue weighted by Gasteiger charge is 2.16. The van der Waals surface area contributed by atoms with Crippen LogP contribution in [0.2, 0.25) is 0 Å². The molecule has 0 bridgehead atoms. The fourth-order valence-corrected chi connectivity index (χ4v) is 1.58. The molecule has 0 radical (unpaired) electrons. The lowest BCUT2D eigenvalue weighted by Crippen LogP contribution is -2.39. The van der Waals surface area contributed by atoms with Crippen LogP contribution in [-0.2, 0) is 15.0 Å². The predicted molar refractivity (Wildman–Crippen MR) is 47.5 cm³/mol. The SMILES string of the molecule is CCNS(=O)(=O)N(C)CCC(=O)O. The van der Waals surface area contributed by atoms with Crippen molar-refractivity contribution in [1.29, 1.82) is 0 Å². The second-order valence-corrected chi connectivity index (χ2v) is 4.33. The van der Waals surface area contributed by atoms with Crippen LogP contribution in [0.5, 0.6) is 0 Å². The van der Waals surface area contributed by atoms with Gasteiger partial charge in [0.1, 0.15) is 0 Å². The Morgan fingerprint density at radius 3 is 2.46 bits per heavy atom. The first-order chi connectivity index (χ1) is 5.90. The van der Waals surface area contributed by atoms with Crippen molar-refractivity contribution in [3.05, 3.63) is 0 Å². The zero-order chi connectivity index (χ0) is 10.5. The molecule has 0 saturated carbocycles. The molecule has 0 spiro atoms. The van der Waals surface area contributed by atoms with Crippen LogP contribution in [0.4, 0.5) is 0 Å². The number of aliphatic carboxylic acids is 1. The number of rotatable bonds is 6. The van der Waals surface area contributed by atoms with Gasteiger partial charge in [-0.15, -0.1) is 0 Å². The first-order valence-corrected chi connectivity index (χ1v) is 5.27. The van der Waals surface area contributed by atoms with E-state index in [4.69, 9.17) is 5.11 Å². The summed E-state index contributed by atoms with van der Waals surface area (Å²) in [6.45, 7) is 1.92. The predicted octanol–water partition coefficient (Wildman–Crippen LogP) is -0.753. The van der Waals surface area contributed by atoms with Crippen molar-refractivity contribution in [2.75, 3.05) is 20.1 Å². The van der Waals surface area contributed by atoms with Gasteiger partial charge in [0.15, 0.2) is 0 Å². The lowest BCUT2D eigenvalue weighted by atomic mass is 10.4. The zero-order valence-corrected chi connectivity index (χ0v) is 8.47. The summed E-state index contributed by atoms with van der Waals surface area (Å²) >= 11 is 0. The summed E-state index contributed by atoms with van der Waals surface area (Å²) < 4.78 is 25.6. The molecule has 0 aromatic heterocycles. The molecule has 6 nitrogen and oxygen atoms in total. The molecule has 0 fully saturated rings. The molecule has 0 saturated heterocycles. The van der Waals surface area contributed by atoms with Crippen molar-refractivity contribution in [2.24, 2.45) is 0 Å². The summed E-state index contributed by atoms with van der Waals surface area (Å²) in [5, 5.41) is 8.32. The minimum atomic E-state index is -3.49. The van der Waals surface area contributed by atoms with Crippen LogP contribution in [0.15, 0.2) is 0 Å². The van der Waals surface area contributed by atoms with Gasteiger partial charge in [-0.25, -0.2) is 4.72 Å². The Hall–Kier alpha value is -0.660. The van der Waals surface area contributed by atoms with E-state index in [1.54, 1.807) is 6.92 Å². The smallest absolute Gasteiger partial charge is 0.304 e. The summed E-state index contributed by atoms with van der Waals surface area (Å²) in [5.74, 6) is -1.02. The summed E-state index contributed by atoms with van der Waals surface area (Å²) in [4.78, 5) is 10.1. The average Bonchev–Trinajstić information content (AvgIpc) is 1.99. The number of hydrogen-bond acceptors (Lipinski definition) is 3. The molecular formula is C6H14N2O4S. The molecule has 7 heteroatoms. The highest BCUT2D eigenvalue weighted by Crippen LogP contribution is 1.94. The van der Waals surface area contributed by atoms with Crippen molar-refractivity contribution < 1.29 is 18.3 Å². The van der Waals surface area contributed by atoms with Crippen LogP contribution in [0.25, 0.3) is 0 Å². The Morgan fingerprint density at radius 2 is 2.08 bits per heavy atom. The second-order valence-electron chi connectivity index (χ2n) is 2.47. The molecule has 0 aliphatic carbocycles. The molecule has 0 rings (SSSR count). The van der Waals surface area contributed by atoms with Crippen molar-refractivity contribution >= 4 is 16.2 Å². The first kappa shape index (κ1) is 12.3. The molecule has 0 unspecified atom stereocenters. The van der Waals surface area contributed by atoms with E-state index in [2.05, 4.69) is 4.72 Å². The maximum absolute atomic E-state index is 11.2. The summed E-state index contributed by atoms with van der Waals surface area (Å²) in [5.41, 5.74) is 0. The molecule has 0 aromatic carbocycles. The number of nitrogens with zero attached hydrogens (tertiary/aromatic N) is 1. The van der Waals surface area contributed by atoms with E-state index in [1.165, 1.54) is 7.05 Å². The van der Waals surface area contributed by atoms with Gasteiger partial charge >= 0.3 is 5.97 Å². The van der Waals surface area contributed by atoms with Gasteiger partial charge in [0.2, 0.25) is 0 Å². The number of nitrogens with one attached hydrogen (secondary N) is 1. The number of hydrogen-bond donors (Lipinski definition) is 2. The van der Waals surface area contributed by atoms with Crippen LogP contribution >= 0.6 is 0 Å². The topological polar surface area (TPSA) is 86.7 Å². The standard InChI is InChI=1S/C6H14N2O4S/c1-3-7-13(11,12)8(2)5-4-6(9)10/h7H,3-5H2,1-2H3,(H,9,10). The van der Waals surface area contributed by atoms with Gasteiger partial charge in [-0.2, -0.15) is 12.7 Å². The lowest BCUT2D eigenvalue weighted by Gasteiger charge is -2.15. The maximum Gasteiger partial charge on any atom is 0.304 e. The Kier molecular flexibility index (Phi) is 4.89. The summed E-state index contributed by atoms with van der Waals surface area (Å²) in [7, 11) is -2.15. The Bertz CT molecular complexity index is 262. The van der Waals surface area contributed by atoms with Crippen molar-refractivity contribution in [1.82, 2.24) is 9.03 Å². The molecule has 0 atom stereocenters. The van der Waals surface area contributed by atoms with Gasteiger partial charge in [-0.05, 0) is 0 Å². The molecule has 13 heavy (non-hydrogen) atoms. The first-order valence-electron chi connectivity index (χ1n) is 3.83. The largest absolute Gasteiger partial charge is 0.481 e. The number of carbonyl (C=O) groups is 1. The molecule has 0 amide bonds. The molecule has 0 aromatic rings. The van der Waals surface area contributed by atoms with E-state index in [0.29, 0.717) is 6.54 Å². The quantitative estimate of drug-likeness (QED) is 0.603. The van der Waals surface area contributed by atoms with E-state index >= 15 is 0 Å². The molecule has 0 aliphatic heterocycles. The van der Waals surface area contributed by atoms with Crippen LogP contribution in [0.3, 0.4) is 0 Å². The minimum Gasteiger partial charge on any atom is -0.481 e. The van der Waals surface area contributed by atoms with Crippen molar-refractivity contribution in [2.45, 2.75) is 13.3 Å². The number of carboxylic acids is 1. The average molecular weight is 210 g/mol. The van der Waals surface area contributed by atoms with E-state index in [0.717, 1.165) is 4.31 Å². The fourth-order valence-electron chi connectivity index (χ4n) is 0.666. The molecule has 0 aliphatic rings. The van der Waals surface area contributed by atoms with Gasteiger partial charge in [-0.1, -0.05) is 6.92 Å². The van der Waals surface area contributed by atoms with E-state index < -0.39 is 16.2 Å². The highest BCUT2D eigenvalue weighted by atomic mass is 32.2. The van der Waals surface area contributed by atoms with Gasteiger partial charge < -0.3 is 5.11 Å². The summed E-state index contributed by atoms with van der Waals surface area (Å²) in [6.07, 6.45) is -0.193. The molecular weight excluding hydrogens is 196 g/mol. The van der Waals surface area contributed by atoms with Crippen LogP contribution < -0.4 is 4.72 Å². The maximum atomic E-state index is 11.2. The van der Waals surface area contributed by atoms with E-state index in [-0.39, 0.29) is 13.0 Å². The molecule has 0 heterocycles. The number of carboxylic acid groups (broad SMARTS) is 1. The van der Waals surface area contributed by atoms with Crippen LogP contribution in [0.1, 0.15) is 13.3 Å². The third-order valence-corrected chi connectivity index (χ3v) is 3.03. The normalized spacial score (nSPS) is 11.9. The van der Waals surface area contributed by atoms with Crippen molar-refractivity contribution in [3.8, 4) is 0 Å². The van der Waals surface area contributed by atoms with Crippen LogP contribution in [-0.4, -0.2) is 43.9 Å². The Labute approximate surface area is 77.7 Å². The van der Waals surface area contributed by atoms with Crippen molar-refractivity contribution in [3.63, 3.8) is 0 Å². The van der Waals surface area contributed by atoms with Gasteiger partial charge in [0.25, 0.3) is 10.2 Å². The third kappa shape index (κ3) is 4.81. The van der Waals surface area contributed by atoms with Gasteiger partial charge in [0, 0.05) is 20.1 Å². The van der Waals surface area contributed by atoms with Crippen LogP contribution in [0, 0.1) is 0 Å². The zero-order valence-electron chi connectivity index (χ0n) is 7.65. The monoisotopic (exact) mass is 210 g/mol. The minimum absolute atomic E-state index is 0.0231. The Balaban J connectivity index is 4.09. The lowest BCUT2D eigenvalue weighted by molar-refractivity contribution is -0.137. The van der Waals surface area contributed by atoms with Gasteiger partial charge in [-0.3, -0.25) is 4.79 Å². The molecule has 2 N–H and O–H groups in total. The summed E-state index contributed by atoms with van der Waals surface area (Å²) in [6, 6.07) is 0. The van der Waals surface area contributed by atoms with Gasteiger partial charge in [0.05, 0.1) is 6.42 Å². The van der Waals surface area contributed by atoms with E-state index in [1.807, 2.05) is 0 Å². The fraction of sp³-hybridized carbons (Fsp3) is 0.833.